The first-order valence-corrected chi connectivity index (χ1v) is 18.0. The lowest BCUT2D eigenvalue weighted by Crippen LogP contribution is -2.37. The van der Waals surface area contributed by atoms with Crippen molar-refractivity contribution in [2.24, 2.45) is 13.0 Å². The fourth-order valence-electron chi connectivity index (χ4n) is 5.69. The summed E-state index contributed by atoms with van der Waals surface area (Å²) in [7, 11) is -0.477. The van der Waals surface area contributed by atoms with Crippen LogP contribution in [0.1, 0.15) is 63.4 Å². The van der Waals surface area contributed by atoms with E-state index in [2.05, 4.69) is 35.5 Å². The molecule has 2 aliphatic rings. The van der Waals surface area contributed by atoms with E-state index in [4.69, 9.17) is 11.6 Å². The highest BCUT2D eigenvalue weighted by Gasteiger charge is 2.46. The zero-order chi connectivity index (χ0) is 31.6. The Morgan fingerprint density at radius 3 is 2.59 bits per heavy atom. The van der Waals surface area contributed by atoms with Crippen LogP contribution in [0.25, 0.3) is 0 Å². The van der Waals surface area contributed by atoms with Gasteiger partial charge in [0.2, 0.25) is 5.91 Å². The lowest BCUT2D eigenvalue weighted by Gasteiger charge is -2.38. The molecule has 1 aliphatic carbocycles. The number of hydrogen-bond acceptors (Lipinski definition) is 3. The highest BCUT2D eigenvalue weighted by molar-refractivity contribution is 7.91. The second-order valence-corrected chi connectivity index (χ2v) is 15.6. The van der Waals surface area contributed by atoms with Crippen molar-refractivity contribution in [1.82, 2.24) is 14.0 Å². The molecule has 1 amide bonds. The number of hydrogen-bond donors (Lipinski definition) is 1. The van der Waals surface area contributed by atoms with Crippen LogP contribution in [0.3, 0.4) is 0 Å². The average molecular weight is 653 g/mol. The normalized spacial score (nSPS) is 20.6. The molecule has 1 aromatic heterocycles. The summed E-state index contributed by atoms with van der Waals surface area (Å²) in [5.41, 5.74) is 2.94. The van der Waals surface area contributed by atoms with Crippen LogP contribution in [-0.2, 0) is 34.8 Å². The number of nitrogens with zero attached hydrogens (tertiary/aromatic N) is 3. The summed E-state index contributed by atoms with van der Waals surface area (Å²) in [5, 5.41) is 1.66. The Kier molecular flexibility index (Phi) is 10.1. The third kappa shape index (κ3) is 6.99. The number of carbonyl (C=O) groups excluding carboxylic acids is 1. The Morgan fingerprint density at radius 2 is 1.91 bits per heavy atom. The first-order valence-electron chi connectivity index (χ1n) is 15.0. The van der Waals surface area contributed by atoms with Gasteiger partial charge in [0.25, 0.3) is 0 Å². The first-order chi connectivity index (χ1) is 21.1. The third-order valence-electron chi connectivity index (χ3n) is 8.37. The molecule has 1 N–H and O–H groups in total. The number of anilines is 1. The molecule has 4 aromatic rings. The summed E-state index contributed by atoms with van der Waals surface area (Å²) in [6, 6.07) is 19.8. The van der Waals surface area contributed by atoms with E-state index in [-0.39, 0.29) is 29.0 Å². The number of aryl methyl sites for hydroxylation is 1. The van der Waals surface area contributed by atoms with Crippen LogP contribution >= 0.6 is 19.7 Å². The molecule has 1 aliphatic heterocycles. The minimum Gasteiger partial charge on any atom is -0.337 e. The highest BCUT2D eigenvalue weighted by atomic mass is 35.5. The molecule has 0 radical (unpaired) electrons. The van der Waals surface area contributed by atoms with Crippen LogP contribution in [0.2, 0.25) is 5.02 Å². The molecule has 0 saturated heterocycles. The maximum atomic E-state index is 14.1. The molecule has 232 valence electrons. The number of benzene rings is 3. The molecule has 1 fully saturated rings. The molecule has 0 spiro atoms. The van der Waals surface area contributed by atoms with Gasteiger partial charge in [-0.3, -0.25) is 4.79 Å². The number of nitrogens with one attached hydrogen (secondary N) is 1. The van der Waals surface area contributed by atoms with Crippen molar-refractivity contribution in [2.45, 2.75) is 63.3 Å². The standard InChI is InChI=1S/C32H33ClFN4O2PS.C2H6/c1-32(2)13-16-41(36-42(40)25-6-4-5-22(33)17-25)29-18-24(11-12-28(29)32)38(20-30-35-14-15-37(30)3)31(39)27-19-26(27)21-7-9-23(34)10-8-21;1-2/h4-12,14-15,17-18,26-27,36H,13,16,19-20H2,1-3H3;1-2H3. The van der Waals surface area contributed by atoms with Crippen LogP contribution < -0.4 is 14.7 Å². The molecule has 1 saturated carbocycles. The van der Waals surface area contributed by atoms with E-state index in [9.17, 15) is 13.4 Å². The maximum Gasteiger partial charge on any atom is 0.231 e. The molecular formula is C34H39ClFN4O2PS. The Labute approximate surface area is 268 Å². The number of fused-ring (bicyclic) bond motifs is 1. The van der Waals surface area contributed by atoms with Crippen molar-refractivity contribution in [3.63, 3.8) is 0 Å². The van der Waals surface area contributed by atoms with Crippen molar-refractivity contribution in [3.8, 4) is 0 Å². The number of carbonyl (C=O) groups is 1. The van der Waals surface area contributed by atoms with Gasteiger partial charge in [0.05, 0.1) is 11.4 Å². The van der Waals surface area contributed by atoms with Crippen LogP contribution in [0.4, 0.5) is 10.1 Å². The molecule has 10 heteroatoms. The lowest BCUT2D eigenvalue weighted by atomic mass is 9.81. The zero-order valence-corrected chi connectivity index (χ0v) is 28.2. The fraction of sp³-hybridized carbons (Fsp3) is 0.353. The third-order valence-corrected chi connectivity index (χ3v) is 12.5. The predicted octanol–water partition coefficient (Wildman–Crippen LogP) is 7.59. The van der Waals surface area contributed by atoms with Gasteiger partial charge in [0.1, 0.15) is 22.6 Å². The van der Waals surface area contributed by atoms with Gasteiger partial charge < -0.3 is 9.47 Å². The second kappa shape index (κ2) is 13.6. The van der Waals surface area contributed by atoms with Crippen LogP contribution in [0.5, 0.6) is 0 Å². The topological polar surface area (TPSA) is 67.2 Å². The van der Waals surface area contributed by atoms with Crippen LogP contribution in [0, 0.1) is 11.7 Å². The highest BCUT2D eigenvalue weighted by Crippen LogP contribution is 2.50. The number of amides is 1. The average Bonchev–Trinajstić information content (AvgIpc) is 3.72. The van der Waals surface area contributed by atoms with E-state index in [0.717, 1.165) is 41.4 Å². The molecular weight excluding hydrogens is 614 g/mol. The first kappa shape index (κ1) is 32.5. The summed E-state index contributed by atoms with van der Waals surface area (Å²) in [5.74, 6) is 0.414. The summed E-state index contributed by atoms with van der Waals surface area (Å²) < 4.78 is 32.2. The number of halogens is 2. The molecule has 4 unspecified atom stereocenters. The Morgan fingerprint density at radius 1 is 1.16 bits per heavy atom. The van der Waals surface area contributed by atoms with Gasteiger partial charge in [-0.15, -0.1) is 0 Å². The number of imidazole rings is 1. The number of rotatable bonds is 8. The molecule has 2 heterocycles. The minimum atomic E-state index is -1.43. The smallest absolute Gasteiger partial charge is 0.231 e. The van der Waals surface area contributed by atoms with Gasteiger partial charge in [0.15, 0.2) is 0 Å². The van der Waals surface area contributed by atoms with Crippen molar-refractivity contribution >= 4 is 47.6 Å². The molecule has 6 rings (SSSR count). The quantitative estimate of drug-likeness (QED) is 0.200. The van der Waals surface area contributed by atoms with Gasteiger partial charge in [-0.05, 0) is 89.2 Å². The molecule has 4 atom stereocenters. The second-order valence-electron chi connectivity index (χ2n) is 11.7. The number of aromatic nitrogens is 2. The van der Waals surface area contributed by atoms with E-state index in [0.29, 0.717) is 16.5 Å². The molecule has 44 heavy (non-hydrogen) atoms. The van der Waals surface area contributed by atoms with E-state index in [1.165, 1.54) is 17.7 Å². The Hall–Kier alpha value is -2.90. The lowest BCUT2D eigenvalue weighted by molar-refractivity contribution is -0.120. The van der Waals surface area contributed by atoms with Crippen LogP contribution in [-0.4, -0.2) is 25.8 Å². The van der Waals surface area contributed by atoms with Gasteiger partial charge >= 0.3 is 0 Å². The van der Waals surface area contributed by atoms with Crippen molar-refractivity contribution in [2.75, 3.05) is 11.1 Å². The predicted molar refractivity (Wildman–Crippen MR) is 179 cm³/mol. The van der Waals surface area contributed by atoms with E-state index >= 15 is 0 Å². The van der Waals surface area contributed by atoms with Gasteiger partial charge in [-0.25, -0.2) is 18.1 Å². The summed E-state index contributed by atoms with van der Waals surface area (Å²) >= 11 is 6.17. The Bertz CT molecular complexity index is 1660. The maximum absolute atomic E-state index is 14.1. The van der Waals surface area contributed by atoms with E-state index in [1.54, 1.807) is 36.5 Å². The SMILES string of the molecule is CC.Cn1ccnc1CN(C(=O)C1CC1c1ccc(F)cc1)c1ccc2c(c1)P(NS(=O)c1cccc(Cl)c1)CCC2(C)C. The van der Waals surface area contributed by atoms with Crippen molar-refractivity contribution < 1.29 is 13.4 Å². The molecule has 6 nitrogen and oxygen atoms in total. The van der Waals surface area contributed by atoms with Gasteiger partial charge in [-0.2, -0.15) is 0 Å². The molecule has 0 bridgehead atoms. The van der Waals surface area contributed by atoms with Gasteiger partial charge in [-0.1, -0.05) is 63.6 Å². The monoisotopic (exact) mass is 652 g/mol. The molecule has 3 aromatic carbocycles. The minimum absolute atomic E-state index is 0.0298. The Balaban J connectivity index is 0.00000188. The summed E-state index contributed by atoms with van der Waals surface area (Å²) in [6.45, 7) is 8.80. The van der Waals surface area contributed by atoms with Crippen molar-refractivity contribution in [1.29, 1.82) is 0 Å². The largest absolute Gasteiger partial charge is 0.337 e. The summed E-state index contributed by atoms with van der Waals surface area (Å²) in [6.07, 6.45) is 6.17. The van der Waals surface area contributed by atoms with Crippen LogP contribution in [0.15, 0.2) is 84.0 Å². The fourth-order valence-corrected chi connectivity index (χ4v) is 10.3. The van der Waals surface area contributed by atoms with E-state index in [1.807, 2.05) is 48.7 Å². The van der Waals surface area contributed by atoms with Crippen molar-refractivity contribution in [3.05, 3.63) is 107 Å². The summed E-state index contributed by atoms with van der Waals surface area (Å²) in [4.78, 5) is 21.1. The zero-order valence-electron chi connectivity index (χ0n) is 25.8. The van der Waals surface area contributed by atoms with Gasteiger partial charge in [0, 0.05) is 44.1 Å². The van der Waals surface area contributed by atoms with E-state index < -0.39 is 19.1 Å².